The fourth-order valence-electron chi connectivity index (χ4n) is 9.44. The number of benzene rings is 1. The molecular formula is C30H38IN2O3S+. The summed E-state index contributed by atoms with van der Waals surface area (Å²) >= 11 is 4.11. The molecule has 1 aromatic rings. The van der Waals surface area contributed by atoms with Gasteiger partial charge in [0, 0.05) is 14.5 Å². The van der Waals surface area contributed by atoms with E-state index in [-0.39, 0.29) is 28.0 Å². The number of halogens is 1. The number of ketones is 1. The van der Waals surface area contributed by atoms with Crippen LogP contribution in [-0.4, -0.2) is 67.4 Å². The largest absolute Gasteiger partial charge is 0.393 e. The van der Waals surface area contributed by atoms with Crippen molar-refractivity contribution in [1.29, 1.82) is 0 Å². The van der Waals surface area contributed by atoms with Crippen molar-refractivity contribution in [3.8, 4) is 0 Å². The number of nitrogens with zero attached hydrogens (tertiary/aromatic N) is 2. The first kappa shape index (κ1) is 25.1. The molecule has 8 unspecified atom stereocenters. The number of carbonyl (C=O) groups excluding carboxylic acids is 1. The molecule has 0 bridgehead atoms. The maximum absolute atomic E-state index is 13.1. The first-order chi connectivity index (χ1) is 17.6. The third-order valence-electron chi connectivity index (χ3n) is 11.5. The third kappa shape index (κ3) is 3.42. The summed E-state index contributed by atoms with van der Waals surface area (Å²) in [5.74, 6) is 1.94. The van der Waals surface area contributed by atoms with Gasteiger partial charge >= 0.3 is 5.17 Å². The van der Waals surface area contributed by atoms with E-state index in [1.807, 2.05) is 36.0 Å². The van der Waals surface area contributed by atoms with E-state index in [1.165, 1.54) is 12.0 Å². The van der Waals surface area contributed by atoms with Gasteiger partial charge < -0.3 is 10.2 Å². The summed E-state index contributed by atoms with van der Waals surface area (Å²) in [4.78, 5) is 15.4. The molecule has 4 fully saturated rings. The average Bonchev–Trinajstić information content (AvgIpc) is 3.47. The van der Waals surface area contributed by atoms with Crippen LogP contribution in [0.1, 0.15) is 69.2 Å². The predicted molar refractivity (Wildman–Crippen MR) is 155 cm³/mol. The van der Waals surface area contributed by atoms with Crippen molar-refractivity contribution in [2.45, 2.75) is 75.9 Å². The third-order valence-corrected chi connectivity index (χ3v) is 13.7. The van der Waals surface area contributed by atoms with Gasteiger partial charge in [-0.05, 0) is 115 Å². The van der Waals surface area contributed by atoms with Crippen molar-refractivity contribution in [3.63, 3.8) is 0 Å². The molecule has 0 amide bonds. The minimum Gasteiger partial charge on any atom is -0.393 e. The highest BCUT2D eigenvalue weighted by molar-refractivity contribution is 14.1. The quantitative estimate of drug-likeness (QED) is 0.215. The Bertz CT molecular complexity index is 1220. The van der Waals surface area contributed by atoms with Crippen LogP contribution < -0.4 is 0 Å². The molecule has 2 aliphatic heterocycles. The summed E-state index contributed by atoms with van der Waals surface area (Å²) in [5, 5.41) is 24.2. The minimum absolute atomic E-state index is 0.139. The van der Waals surface area contributed by atoms with E-state index in [2.05, 4.69) is 52.0 Å². The number of hydrogen-bond acceptors (Lipinski definition) is 5. The lowest BCUT2D eigenvalue weighted by atomic mass is 9.47. The standard InChI is InChI=1S/C30H38IN2O3S/c1-28-11-9-21(34)15-19(28)5-8-22-23(28)10-12-29(2)24(22)16-26-30(29,36)33-14-13-32(27(33)37-26)17-25(35)18-3-6-20(31)7-4-18/h3-7,21-24,26,34,36H,8-17H2,1-2H3/q+1. The Morgan fingerprint density at radius 2 is 1.97 bits per heavy atom. The monoisotopic (exact) mass is 633 g/mol. The average molecular weight is 634 g/mol. The van der Waals surface area contributed by atoms with E-state index in [9.17, 15) is 15.0 Å². The van der Waals surface area contributed by atoms with E-state index >= 15 is 0 Å². The number of aliphatic hydroxyl groups is 2. The lowest BCUT2D eigenvalue weighted by Crippen LogP contribution is -2.61. The van der Waals surface area contributed by atoms with Crippen molar-refractivity contribution >= 4 is 45.3 Å². The molecule has 0 aromatic heterocycles. The van der Waals surface area contributed by atoms with Crippen LogP contribution in [0.3, 0.4) is 0 Å². The molecule has 198 valence electrons. The molecule has 37 heavy (non-hydrogen) atoms. The van der Waals surface area contributed by atoms with E-state index in [1.54, 1.807) is 0 Å². The molecule has 2 heterocycles. The van der Waals surface area contributed by atoms with Crippen LogP contribution in [0, 0.1) is 32.2 Å². The van der Waals surface area contributed by atoms with Crippen LogP contribution in [0.15, 0.2) is 35.9 Å². The van der Waals surface area contributed by atoms with Gasteiger partial charge in [0.15, 0.2) is 0 Å². The van der Waals surface area contributed by atoms with Gasteiger partial charge in [0.25, 0.3) is 0 Å². The fourth-order valence-corrected chi connectivity index (χ4v) is 11.6. The second-order valence-electron chi connectivity index (χ2n) is 13.0. The van der Waals surface area contributed by atoms with Gasteiger partial charge in [-0.3, -0.25) is 4.79 Å². The Kier molecular flexibility index (Phi) is 5.80. The van der Waals surface area contributed by atoms with Crippen LogP contribution in [0.25, 0.3) is 0 Å². The van der Waals surface area contributed by atoms with Crippen molar-refractivity contribution in [2.75, 3.05) is 19.6 Å². The van der Waals surface area contributed by atoms with Crippen LogP contribution >= 0.6 is 34.4 Å². The summed E-state index contributed by atoms with van der Waals surface area (Å²) in [7, 11) is 0. The summed E-state index contributed by atoms with van der Waals surface area (Å²) in [6.45, 7) is 6.82. The van der Waals surface area contributed by atoms with Gasteiger partial charge in [-0.1, -0.05) is 37.6 Å². The first-order valence-electron chi connectivity index (χ1n) is 14.1. The predicted octanol–water partition coefficient (Wildman–Crippen LogP) is 4.90. The molecule has 4 aliphatic carbocycles. The van der Waals surface area contributed by atoms with Crippen molar-refractivity contribution in [1.82, 2.24) is 4.90 Å². The maximum Gasteiger partial charge on any atom is 0.312 e. The van der Waals surface area contributed by atoms with Gasteiger partial charge in [-0.2, -0.15) is 0 Å². The Labute approximate surface area is 237 Å². The Morgan fingerprint density at radius 1 is 1.19 bits per heavy atom. The molecule has 5 nitrogen and oxygen atoms in total. The van der Waals surface area contributed by atoms with E-state index in [0.717, 1.165) is 65.9 Å². The number of thioether (sulfide) groups is 1. The molecule has 1 saturated heterocycles. The Balaban J connectivity index is 1.16. The lowest BCUT2D eigenvalue weighted by Gasteiger charge is -2.58. The zero-order valence-electron chi connectivity index (χ0n) is 21.8. The summed E-state index contributed by atoms with van der Waals surface area (Å²) in [5.41, 5.74) is 1.51. The van der Waals surface area contributed by atoms with E-state index < -0.39 is 5.72 Å². The van der Waals surface area contributed by atoms with E-state index in [0.29, 0.717) is 24.3 Å². The number of aliphatic hydroxyl groups excluding tert-OH is 1. The number of hydrogen-bond donors (Lipinski definition) is 2. The van der Waals surface area contributed by atoms with Crippen LogP contribution in [0.5, 0.6) is 0 Å². The zero-order chi connectivity index (χ0) is 25.7. The van der Waals surface area contributed by atoms with Crippen molar-refractivity contribution in [3.05, 3.63) is 45.0 Å². The van der Waals surface area contributed by atoms with Crippen LogP contribution in [-0.2, 0) is 0 Å². The van der Waals surface area contributed by atoms with Crippen LogP contribution in [0.2, 0.25) is 0 Å². The number of carbonyl (C=O) groups is 1. The second kappa shape index (κ2) is 8.55. The molecule has 1 aromatic carbocycles. The Morgan fingerprint density at radius 3 is 2.76 bits per heavy atom. The van der Waals surface area contributed by atoms with Gasteiger partial charge in [0.05, 0.1) is 11.4 Å². The number of Topliss-reactive ketones (excluding diaryl/α,β-unsaturated/α-hetero) is 1. The highest BCUT2D eigenvalue weighted by atomic mass is 127. The molecular weight excluding hydrogens is 595 g/mol. The summed E-state index contributed by atoms with van der Waals surface area (Å²) in [6, 6.07) is 7.83. The molecule has 7 rings (SSSR count). The molecule has 0 radical (unpaired) electrons. The maximum atomic E-state index is 13.1. The molecule has 2 N–H and O–H groups in total. The van der Waals surface area contributed by atoms with Crippen molar-refractivity contribution < 1.29 is 19.6 Å². The number of allylic oxidation sites excluding steroid dienone is 1. The van der Waals surface area contributed by atoms with Gasteiger partial charge in [0.2, 0.25) is 11.5 Å². The van der Waals surface area contributed by atoms with E-state index in [4.69, 9.17) is 0 Å². The molecule has 3 saturated carbocycles. The second-order valence-corrected chi connectivity index (χ2v) is 15.4. The fraction of sp³-hybridized carbons (Fsp3) is 0.667. The highest BCUT2D eigenvalue weighted by Gasteiger charge is 2.76. The van der Waals surface area contributed by atoms with Crippen LogP contribution in [0.4, 0.5) is 0 Å². The van der Waals surface area contributed by atoms with Crippen molar-refractivity contribution in [2.24, 2.45) is 28.6 Å². The summed E-state index contributed by atoms with van der Waals surface area (Å²) in [6.07, 6.45) is 9.56. The normalized spacial score (nSPS) is 44.1. The molecule has 8 atom stereocenters. The van der Waals surface area contributed by atoms with Gasteiger partial charge in [-0.15, -0.1) is 0 Å². The molecule has 0 spiro atoms. The smallest absolute Gasteiger partial charge is 0.312 e. The Hall–Kier alpha value is -0.900. The lowest BCUT2D eigenvalue weighted by molar-refractivity contribution is -0.501. The first-order valence-corrected chi connectivity index (χ1v) is 16.1. The minimum atomic E-state index is -0.836. The SMILES string of the molecule is CC12CCC(O)CC1=CCC1C2CCC2(C)C1CC1SC3=[N+](CC(=O)c4ccc(I)cc4)CCN3C12O. The van der Waals surface area contributed by atoms with Gasteiger partial charge in [0.1, 0.15) is 19.6 Å². The summed E-state index contributed by atoms with van der Waals surface area (Å²) < 4.78 is 3.35. The number of rotatable bonds is 3. The van der Waals surface area contributed by atoms with Gasteiger partial charge in [-0.25, -0.2) is 9.48 Å². The molecule has 7 heteroatoms. The highest BCUT2D eigenvalue weighted by Crippen LogP contribution is 2.70. The number of amidine groups is 1. The zero-order valence-corrected chi connectivity index (χ0v) is 24.8. The number of fused-ring (bicyclic) bond motifs is 9. The topological polar surface area (TPSA) is 63.8 Å². The molecule has 6 aliphatic rings.